The van der Waals surface area contributed by atoms with Crippen molar-refractivity contribution in [2.75, 3.05) is 0 Å². The molecule has 0 bridgehead atoms. The second-order valence-electron chi connectivity index (χ2n) is 0.683. The van der Waals surface area contributed by atoms with Gasteiger partial charge in [0.2, 0.25) is 0 Å². The van der Waals surface area contributed by atoms with E-state index in [0.29, 0.717) is 0 Å². The minimum atomic E-state index is 0. The van der Waals surface area contributed by atoms with Crippen molar-refractivity contribution in [3.05, 3.63) is 43.6 Å². The molecular weight excluding hydrogens is 242 g/mol. The third-order valence-corrected chi connectivity index (χ3v) is 0.351. The maximum atomic E-state index is 7.50. The fourth-order valence-electron chi connectivity index (χ4n) is 0.180. The van der Waals surface area contributed by atoms with E-state index in [1.807, 2.05) is 0 Å². The van der Waals surface area contributed by atoms with Crippen molar-refractivity contribution in [2.24, 2.45) is 0 Å². The van der Waals surface area contributed by atoms with Gasteiger partial charge in [0.15, 0.2) is 0 Å². The molecule has 12 heavy (non-hydrogen) atoms. The Balaban J connectivity index is -0.0000000406. The average Bonchev–Trinajstić information content (AvgIpc) is 2.71. The van der Waals surface area contributed by atoms with Crippen LogP contribution in [0.1, 0.15) is 0 Å². The van der Waals surface area contributed by atoms with Crippen LogP contribution in [-0.2, 0) is 35.1 Å². The van der Waals surface area contributed by atoms with E-state index in [1.54, 1.807) is 6.07 Å². The first-order valence-electron chi connectivity index (χ1n) is 1.92. The molecule has 0 fully saturated rings. The van der Waals surface area contributed by atoms with Gasteiger partial charge >= 0.3 is 32.8 Å². The third-order valence-electron chi connectivity index (χ3n) is 0.351. The van der Waals surface area contributed by atoms with Gasteiger partial charge in [0.05, 0.1) is 0 Å². The molecule has 0 amide bonds. The zero-order valence-electron chi connectivity index (χ0n) is 5.66. The van der Waals surface area contributed by atoms with Gasteiger partial charge in [0.25, 0.3) is 0 Å². The summed E-state index contributed by atoms with van der Waals surface area (Å²) in [4.78, 5) is 0. The normalized spacial score (nSPS) is 3.83. The van der Waals surface area contributed by atoms with Crippen molar-refractivity contribution < 1.29 is 35.1 Å². The van der Waals surface area contributed by atoms with E-state index in [2.05, 4.69) is 37.6 Å². The van der Waals surface area contributed by atoms with Crippen LogP contribution in [0.5, 0.6) is 0 Å². The summed E-state index contributed by atoms with van der Waals surface area (Å²) in [6.45, 7) is 9.00. The van der Waals surface area contributed by atoms with Crippen LogP contribution < -0.4 is 0 Å². The Kier molecular flexibility index (Phi) is 91.8. The average molecular weight is 243 g/mol. The van der Waals surface area contributed by atoms with Gasteiger partial charge in [0, 0.05) is 21.1 Å². The summed E-state index contributed by atoms with van der Waals surface area (Å²) in [6, 6.07) is 12.0. The molecule has 0 saturated heterocycles. The molecule has 1 aromatic carbocycles. The van der Waals surface area contributed by atoms with Crippen molar-refractivity contribution in [1.29, 1.82) is 5.46 Å². The molecule has 4 nitrogen and oxygen atoms in total. The third kappa shape index (κ3) is 35.1. The molecule has 62 valence electrons. The Morgan fingerprint density at radius 2 is 1.17 bits per heavy atom. The summed E-state index contributed by atoms with van der Waals surface area (Å²) in [5, 5.41) is 0. The zero-order chi connectivity index (χ0) is 9.54. The molecule has 0 saturated carbocycles. The van der Waals surface area contributed by atoms with E-state index in [9.17, 15) is 0 Å². The number of nitrogens with zero attached hydrogens (tertiary/aromatic N) is 1. The van der Waals surface area contributed by atoms with E-state index in [4.69, 9.17) is 19.5 Å². The van der Waals surface area contributed by atoms with Crippen molar-refractivity contribution in [2.45, 2.75) is 0 Å². The van der Waals surface area contributed by atoms with Crippen LogP contribution in [0.2, 0.25) is 0 Å². The smallest absolute Gasteiger partial charge is 0 e. The molecular formula is C7HMoNO3-4. The summed E-state index contributed by atoms with van der Waals surface area (Å²) >= 11 is 0. The molecule has 0 unspecified atom stereocenters. The fraction of sp³-hybridized carbons (Fsp3) is 0. The van der Waals surface area contributed by atoms with E-state index < -0.39 is 0 Å². The topological polar surface area (TPSA) is 83.5 Å². The predicted molar refractivity (Wildman–Crippen MR) is 27.6 cm³/mol. The summed E-state index contributed by atoms with van der Waals surface area (Å²) in [5.41, 5.74) is 5.75. The Morgan fingerprint density at radius 1 is 0.917 bits per heavy atom. The van der Waals surface area contributed by atoms with E-state index in [-0.39, 0.29) is 21.1 Å². The van der Waals surface area contributed by atoms with Crippen LogP contribution in [0.4, 0.5) is 0 Å². The molecule has 0 spiro atoms. The van der Waals surface area contributed by atoms with Crippen LogP contribution in [0, 0.1) is 43.0 Å². The molecule has 0 N–H and O–H groups in total. The summed E-state index contributed by atoms with van der Waals surface area (Å²) in [5.74, 6) is 0. The van der Waals surface area contributed by atoms with Gasteiger partial charge in [-0.1, -0.05) is 0 Å². The maximum absolute atomic E-state index is 7.50. The number of rotatable bonds is 0. The van der Waals surface area contributed by atoms with Crippen molar-refractivity contribution in [3.63, 3.8) is 0 Å². The monoisotopic (exact) mass is 245 g/mol. The molecule has 0 radical (unpaired) electrons. The Morgan fingerprint density at radius 3 is 1.25 bits per heavy atom. The number of hydrogen-bond acceptors (Lipinski definition) is 1. The second kappa shape index (κ2) is 49.0. The zero-order valence-corrected chi connectivity index (χ0v) is 7.66. The van der Waals surface area contributed by atoms with Gasteiger partial charge in [-0.15, -0.1) is 0 Å². The quantitative estimate of drug-likeness (QED) is 0.369. The molecule has 0 aliphatic heterocycles. The number of hydrogen-bond donors (Lipinski definition) is 0. The van der Waals surface area contributed by atoms with E-state index in [0.717, 1.165) is 0 Å². The van der Waals surface area contributed by atoms with Crippen molar-refractivity contribution in [3.8, 4) is 0 Å². The van der Waals surface area contributed by atoms with Gasteiger partial charge < -0.3 is 30.3 Å². The Hall–Kier alpha value is -0.812. The maximum Gasteiger partial charge on any atom is 0 e. The van der Waals surface area contributed by atoms with Gasteiger partial charge in [-0.3, -0.25) is 0 Å². The van der Waals surface area contributed by atoms with Gasteiger partial charge in [-0.25, -0.2) is 0 Å². The van der Waals surface area contributed by atoms with E-state index in [1.165, 1.54) is 0 Å². The van der Waals surface area contributed by atoms with E-state index >= 15 is 0 Å². The molecule has 5 heteroatoms. The van der Waals surface area contributed by atoms with Gasteiger partial charge in [0.1, 0.15) is 0 Å². The molecule has 0 aromatic heterocycles. The minimum absolute atomic E-state index is 0. The minimum Gasteiger partial charge on any atom is -0.999 e. The SMILES string of the molecule is N#[O+].[C-]#[O+].[C-]#[O+].[Mo].[c-]1[c-][c-][cH-][c-]1. The Labute approximate surface area is 84.5 Å². The predicted octanol–water partition coefficient (Wildman–Crippen LogP) is 0.425. The second-order valence-corrected chi connectivity index (χ2v) is 0.683. The van der Waals surface area contributed by atoms with Crippen molar-refractivity contribution >= 4 is 0 Å². The Bertz CT molecular complexity index is 147. The van der Waals surface area contributed by atoms with Crippen molar-refractivity contribution in [1.82, 2.24) is 0 Å². The fourth-order valence-corrected chi connectivity index (χ4v) is 0.180. The van der Waals surface area contributed by atoms with Gasteiger partial charge in [-0.2, -0.15) is 0 Å². The van der Waals surface area contributed by atoms with Gasteiger partial charge in [-0.05, 0) is 0 Å². The summed E-state index contributed by atoms with van der Waals surface area (Å²) in [6.07, 6.45) is 0. The van der Waals surface area contributed by atoms with Crippen LogP contribution in [-0.4, -0.2) is 0 Å². The van der Waals surface area contributed by atoms with Crippen LogP contribution in [0.15, 0.2) is 6.07 Å². The first-order chi connectivity index (χ1) is 5.50. The molecule has 0 aliphatic carbocycles. The molecule has 1 aromatic rings. The molecule has 1 rings (SSSR count). The van der Waals surface area contributed by atoms with Crippen LogP contribution >= 0.6 is 0 Å². The summed E-state index contributed by atoms with van der Waals surface area (Å²) < 4.78 is 22.2. The van der Waals surface area contributed by atoms with Crippen LogP contribution in [0.3, 0.4) is 0 Å². The van der Waals surface area contributed by atoms with Crippen LogP contribution in [0.25, 0.3) is 0 Å². The first kappa shape index (κ1) is 22.5. The molecule has 0 aliphatic rings. The summed E-state index contributed by atoms with van der Waals surface area (Å²) in [7, 11) is 0. The molecule has 0 heterocycles. The largest absolute Gasteiger partial charge is 0.999 e. The first-order valence-corrected chi connectivity index (χ1v) is 1.92. The standard InChI is InChI=1S/C5H.2CO.Mo.NO/c1-2-4-5-3-1;2*1-2;;1-2/h1H;;;;/q-5;;;;+1. The molecule has 0 atom stereocenters.